The van der Waals surface area contributed by atoms with E-state index in [4.69, 9.17) is 0 Å². The smallest absolute Gasteiger partial charge is 0.271 e. The molecule has 2 N–H and O–H groups in total. The average molecular weight is 354 g/mol. The SMILES string of the molecule is O=C(NCCc1ccccc1)c1ccc(Nc2ccc(F)cc2F)nn1. The van der Waals surface area contributed by atoms with Crippen LogP contribution in [-0.2, 0) is 6.42 Å². The van der Waals surface area contributed by atoms with Gasteiger partial charge in [-0.3, -0.25) is 4.79 Å². The van der Waals surface area contributed by atoms with Crippen LogP contribution in [0.25, 0.3) is 0 Å². The van der Waals surface area contributed by atoms with Crippen LogP contribution in [0.2, 0.25) is 0 Å². The summed E-state index contributed by atoms with van der Waals surface area (Å²) in [6.45, 7) is 0.477. The van der Waals surface area contributed by atoms with Gasteiger partial charge in [-0.1, -0.05) is 30.3 Å². The Morgan fingerprint density at radius 3 is 2.46 bits per heavy atom. The van der Waals surface area contributed by atoms with Crippen molar-refractivity contribution in [3.8, 4) is 0 Å². The third kappa shape index (κ3) is 4.60. The normalized spacial score (nSPS) is 10.4. The number of hydrogen-bond acceptors (Lipinski definition) is 4. The number of aromatic nitrogens is 2. The van der Waals surface area contributed by atoms with E-state index in [0.717, 1.165) is 17.7 Å². The molecule has 5 nitrogen and oxygen atoms in total. The second-order valence-electron chi connectivity index (χ2n) is 5.54. The zero-order valence-corrected chi connectivity index (χ0v) is 13.7. The minimum absolute atomic E-state index is 0.0702. The van der Waals surface area contributed by atoms with Crippen molar-refractivity contribution < 1.29 is 13.6 Å². The van der Waals surface area contributed by atoms with Gasteiger partial charge in [-0.25, -0.2) is 8.78 Å². The molecule has 0 saturated heterocycles. The third-order valence-corrected chi connectivity index (χ3v) is 3.63. The number of amides is 1. The fourth-order valence-corrected chi connectivity index (χ4v) is 2.30. The fraction of sp³-hybridized carbons (Fsp3) is 0.105. The summed E-state index contributed by atoms with van der Waals surface area (Å²) in [6.07, 6.45) is 0.712. The van der Waals surface area contributed by atoms with Crippen LogP contribution < -0.4 is 10.6 Å². The van der Waals surface area contributed by atoms with Gasteiger partial charge in [0.2, 0.25) is 0 Å². The van der Waals surface area contributed by atoms with Gasteiger partial charge < -0.3 is 10.6 Å². The van der Waals surface area contributed by atoms with Crippen LogP contribution in [0.5, 0.6) is 0 Å². The first-order valence-corrected chi connectivity index (χ1v) is 8.00. The highest BCUT2D eigenvalue weighted by Crippen LogP contribution is 2.18. The molecule has 132 valence electrons. The average Bonchev–Trinajstić information content (AvgIpc) is 2.65. The van der Waals surface area contributed by atoms with Crippen molar-refractivity contribution in [2.75, 3.05) is 11.9 Å². The molecule has 0 aliphatic carbocycles. The number of rotatable bonds is 6. The molecular weight excluding hydrogens is 338 g/mol. The van der Waals surface area contributed by atoms with E-state index in [-0.39, 0.29) is 23.1 Å². The molecule has 0 aliphatic rings. The molecule has 0 bridgehead atoms. The van der Waals surface area contributed by atoms with Gasteiger partial charge in [-0.05, 0) is 36.2 Å². The quantitative estimate of drug-likeness (QED) is 0.711. The van der Waals surface area contributed by atoms with Gasteiger partial charge in [0.05, 0.1) is 5.69 Å². The summed E-state index contributed by atoms with van der Waals surface area (Å²) in [7, 11) is 0. The van der Waals surface area contributed by atoms with Crippen LogP contribution in [0.4, 0.5) is 20.3 Å². The molecule has 0 aliphatic heterocycles. The van der Waals surface area contributed by atoms with Crippen LogP contribution in [0.15, 0.2) is 60.7 Å². The number of halogens is 2. The zero-order chi connectivity index (χ0) is 18.4. The molecule has 0 fully saturated rings. The first kappa shape index (κ1) is 17.5. The first-order valence-electron chi connectivity index (χ1n) is 8.00. The Labute approximate surface area is 149 Å². The monoisotopic (exact) mass is 354 g/mol. The number of benzene rings is 2. The number of carbonyl (C=O) groups excluding carboxylic acids is 1. The summed E-state index contributed by atoms with van der Waals surface area (Å²) >= 11 is 0. The van der Waals surface area contributed by atoms with E-state index in [1.807, 2.05) is 30.3 Å². The van der Waals surface area contributed by atoms with E-state index >= 15 is 0 Å². The van der Waals surface area contributed by atoms with Crippen molar-refractivity contribution in [3.63, 3.8) is 0 Å². The zero-order valence-electron chi connectivity index (χ0n) is 13.7. The van der Waals surface area contributed by atoms with E-state index in [1.165, 1.54) is 18.2 Å². The standard InChI is InChI=1S/C19H16F2N4O/c20-14-6-7-16(15(21)12-14)23-18-9-8-17(24-25-18)19(26)22-11-10-13-4-2-1-3-5-13/h1-9,12H,10-11H2,(H,22,26)(H,23,25). The van der Waals surface area contributed by atoms with Crippen molar-refractivity contribution in [2.24, 2.45) is 0 Å². The molecule has 3 rings (SSSR count). The molecule has 2 aromatic carbocycles. The molecule has 1 amide bonds. The predicted molar refractivity (Wildman–Crippen MR) is 94.2 cm³/mol. The van der Waals surface area contributed by atoms with Crippen LogP contribution in [0, 0.1) is 11.6 Å². The highest BCUT2D eigenvalue weighted by molar-refractivity contribution is 5.92. The van der Waals surface area contributed by atoms with Gasteiger partial charge in [0.1, 0.15) is 11.6 Å². The van der Waals surface area contributed by atoms with Crippen molar-refractivity contribution in [1.82, 2.24) is 15.5 Å². The van der Waals surface area contributed by atoms with Gasteiger partial charge in [-0.2, -0.15) is 0 Å². The summed E-state index contributed by atoms with van der Waals surface area (Å²) in [5.41, 5.74) is 1.35. The molecule has 0 atom stereocenters. The lowest BCUT2D eigenvalue weighted by Gasteiger charge is -2.07. The van der Waals surface area contributed by atoms with Crippen LogP contribution in [0.1, 0.15) is 16.1 Å². The molecule has 7 heteroatoms. The fourth-order valence-electron chi connectivity index (χ4n) is 2.30. The first-order chi connectivity index (χ1) is 12.6. The molecule has 0 unspecified atom stereocenters. The van der Waals surface area contributed by atoms with Gasteiger partial charge in [-0.15, -0.1) is 10.2 Å². The second kappa shape index (κ2) is 8.15. The molecular formula is C19H16F2N4O. The van der Waals surface area contributed by atoms with E-state index in [2.05, 4.69) is 20.8 Å². The van der Waals surface area contributed by atoms with Crippen LogP contribution >= 0.6 is 0 Å². The van der Waals surface area contributed by atoms with Crippen LogP contribution in [-0.4, -0.2) is 22.6 Å². The Hall–Kier alpha value is -3.35. The Bertz CT molecular complexity index is 886. The number of carbonyl (C=O) groups is 1. The van der Waals surface area contributed by atoms with Crippen molar-refractivity contribution in [3.05, 3.63) is 83.6 Å². The summed E-state index contributed by atoms with van der Waals surface area (Å²) in [6, 6.07) is 15.9. The number of nitrogens with zero attached hydrogens (tertiary/aromatic N) is 2. The van der Waals surface area contributed by atoms with Gasteiger partial charge in [0, 0.05) is 12.6 Å². The highest BCUT2D eigenvalue weighted by atomic mass is 19.1. The van der Waals surface area contributed by atoms with Crippen molar-refractivity contribution >= 4 is 17.4 Å². The molecule has 1 heterocycles. The molecule has 0 saturated carbocycles. The predicted octanol–water partition coefficient (Wildman–Crippen LogP) is 3.47. The van der Waals surface area contributed by atoms with Gasteiger partial charge in [0.25, 0.3) is 5.91 Å². The molecule has 26 heavy (non-hydrogen) atoms. The molecule has 0 spiro atoms. The summed E-state index contributed by atoms with van der Waals surface area (Å²) in [4.78, 5) is 12.1. The van der Waals surface area contributed by atoms with E-state index in [9.17, 15) is 13.6 Å². The largest absolute Gasteiger partial charge is 0.350 e. The van der Waals surface area contributed by atoms with Gasteiger partial charge in [0.15, 0.2) is 11.5 Å². The number of anilines is 2. The maximum Gasteiger partial charge on any atom is 0.271 e. The number of hydrogen-bond donors (Lipinski definition) is 2. The Morgan fingerprint density at radius 1 is 0.962 bits per heavy atom. The van der Waals surface area contributed by atoms with E-state index in [1.54, 1.807) is 0 Å². The topological polar surface area (TPSA) is 66.9 Å². The second-order valence-corrected chi connectivity index (χ2v) is 5.54. The van der Waals surface area contributed by atoms with E-state index in [0.29, 0.717) is 13.0 Å². The number of nitrogens with one attached hydrogen (secondary N) is 2. The Balaban J connectivity index is 1.55. The molecule has 0 radical (unpaired) electrons. The molecule has 3 aromatic rings. The van der Waals surface area contributed by atoms with Crippen molar-refractivity contribution in [2.45, 2.75) is 6.42 Å². The van der Waals surface area contributed by atoms with Crippen LogP contribution in [0.3, 0.4) is 0 Å². The summed E-state index contributed by atoms with van der Waals surface area (Å²) < 4.78 is 26.5. The lowest BCUT2D eigenvalue weighted by atomic mass is 10.1. The Kier molecular flexibility index (Phi) is 5.48. The van der Waals surface area contributed by atoms with E-state index < -0.39 is 11.6 Å². The van der Waals surface area contributed by atoms with Gasteiger partial charge >= 0.3 is 0 Å². The minimum Gasteiger partial charge on any atom is -0.350 e. The highest BCUT2D eigenvalue weighted by Gasteiger charge is 2.09. The lowest BCUT2D eigenvalue weighted by molar-refractivity contribution is 0.0948. The third-order valence-electron chi connectivity index (χ3n) is 3.63. The van der Waals surface area contributed by atoms with Crippen molar-refractivity contribution in [1.29, 1.82) is 0 Å². The lowest BCUT2D eigenvalue weighted by Crippen LogP contribution is -2.26. The minimum atomic E-state index is -0.741. The maximum absolute atomic E-state index is 13.6. The summed E-state index contributed by atoms with van der Waals surface area (Å²) in [5, 5.41) is 13.1. The maximum atomic E-state index is 13.6. The molecule has 1 aromatic heterocycles. The summed E-state index contributed by atoms with van der Waals surface area (Å²) in [5.74, 6) is -1.50. The Morgan fingerprint density at radius 2 is 1.77 bits per heavy atom.